The Morgan fingerprint density at radius 3 is 2.63 bits per heavy atom. The fourth-order valence-electron chi connectivity index (χ4n) is 1.81. The highest BCUT2D eigenvalue weighted by Gasteiger charge is 2.16. The summed E-state index contributed by atoms with van der Waals surface area (Å²) < 4.78 is 10.9. The van der Waals surface area contributed by atoms with Crippen molar-refractivity contribution in [2.75, 3.05) is 25.1 Å². The molecule has 106 valence electrons. The van der Waals surface area contributed by atoms with Gasteiger partial charge in [-0.05, 0) is 18.4 Å². The molecule has 0 saturated heterocycles. The van der Waals surface area contributed by atoms with Crippen molar-refractivity contribution in [3.05, 3.63) is 35.9 Å². The van der Waals surface area contributed by atoms with Crippen LogP contribution in [0.3, 0.4) is 0 Å². The molecule has 0 bridgehead atoms. The average Bonchev–Trinajstić information content (AvgIpc) is 2.41. The van der Waals surface area contributed by atoms with Crippen molar-refractivity contribution in [2.45, 2.75) is 12.8 Å². The van der Waals surface area contributed by atoms with E-state index in [2.05, 4.69) is 5.32 Å². The molecule has 5 heteroatoms. The molecule has 4 nitrogen and oxygen atoms in total. The Morgan fingerprint density at radius 2 is 2.05 bits per heavy atom. The van der Waals surface area contributed by atoms with E-state index in [1.54, 1.807) is 6.26 Å². The first-order chi connectivity index (χ1) is 9.13. The number of carbonyl (C=O) groups excluding carboxylic acids is 1. The van der Waals surface area contributed by atoms with Crippen LogP contribution in [0, 0.1) is 5.92 Å². The van der Waals surface area contributed by atoms with Crippen LogP contribution in [0.2, 0.25) is 0 Å². The summed E-state index contributed by atoms with van der Waals surface area (Å²) in [5, 5.41) is 2.86. The molecule has 0 fully saturated rings. The molecule has 0 aliphatic carbocycles. The van der Waals surface area contributed by atoms with Gasteiger partial charge in [-0.2, -0.15) is 0 Å². The largest absolute Gasteiger partial charge is 0.356 e. The van der Waals surface area contributed by atoms with Crippen molar-refractivity contribution < 1.29 is 9.00 Å². The fraction of sp³-hybridized carbons (Fsp3) is 0.500. The minimum atomic E-state index is -0.800. The van der Waals surface area contributed by atoms with Gasteiger partial charge in [0.1, 0.15) is 0 Å². The molecule has 2 unspecified atom stereocenters. The molecule has 0 aliphatic rings. The summed E-state index contributed by atoms with van der Waals surface area (Å²) in [7, 11) is -0.800. The third-order valence-corrected chi connectivity index (χ3v) is 3.75. The molecule has 0 aliphatic heterocycles. The molecular weight excluding hydrogens is 260 g/mol. The van der Waals surface area contributed by atoms with Crippen LogP contribution < -0.4 is 11.1 Å². The van der Waals surface area contributed by atoms with Gasteiger partial charge in [0, 0.05) is 35.9 Å². The van der Waals surface area contributed by atoms with Crippen molar-refractivity contribution in [3.63, 3.8) is 0 Å². The van der Waals surface area contributed by atoms with Crippen LogP contribution >= 0.6 is 0 Å². The SMILES string of the molecule is CS(=O)CCCNC(=O)C(CN)Cc1ccccc1. The van der Waals surface area contributed by atoms with Crippen molar-refractivity contribution >= 4 is 16.7 Å². The molecule has 1 aromatic carbocycles. The summed E-state index contributed by atoms with van der Waals surface area (Å²) in [6, 6.07) is 9.85. The predicted molar refractivity (Wildman–Crippen MR) is 79.3 cm³/mol. The number of benzene rings is 1. The molecule has 0 heterocycles. The van der Waals surface area contributed by atoms with Crippen LogP contribution in [0.15, 0.2) is 30.3 Å². The molecule has 3 N–H and O–H groups in total. The molecule has 1 amide bonds. The van der Waals surface area contributed by atoms with Gasteiger partial charge in [-0.3, -0.25) is 9.00 Å². The minimum Gasteiger partial charge on any atom is -0.356 e. The number of hydrogen-bond acceptors (Lipinski definition) is 3. The van der Waals surface area contributed by atoms with Gasteiger partial charge in [0.25, 0.3) is 0 Å². The first-order valence-corrected chi connectivity index (χ1v) is 8.18. The summed E-state index contributed by atoms with van der Waals surface area (Å²) in [5.41, 5.74) is 6.78. The summed E-state index contributed by atoms with van der Waals surface area (Å²) in [5.74, 6) is 0.398. The van der Waals surface area contributed by atoms with E-state index in [0.717, 1.165) is 12.0 Å². The second-order valence-electron chi connectivity index (χ2n) is 4.54. The van der Waals surface area contributed by atoms with Crippen molar-refractivity contribution in [2.24, 2.45) is 11.7 Å². The maximum atomic E-state index is 12.0. The normalized spacial score (nSPS) is 13.8. The maximum Gasteiger partial charge on any atom is 0.224 e. The van der Waals surface area contributed by atoms with E-state index in [9.17, 15) is 9.00 Å². The topological polar surface area (TPSA) is 72.2 Å². The highest BCUT2D eigenvalue weighted by Crippen LogP contribution is 2.07. The first-order valence-electron chi connectivity index (χ1n) is 6.45. The van der Waals surface area contributed by atoms with Crippen LogP contribution in [0.5, 0.6) is 0 Å². The number of nitrogens with two attached hydrogens (primary N) is 1. The lowest BCUT2D eigenvalue weighted by Crippen LogP contribution is -2.37. The number of carbonyl (C=O) groups is 1. The molecule has 1 aromatic rings. The van der Waals surface area contributed by atoms with E-state index >= 15 is 0 Å². The minimum absolute atomic E-state index is 0.0201. The summed E-state index contributed by atoms with van der Waals surface area (Å²) in [6.45, 7) is 0.893. The molecule has 1 rings (SSSR count). The number of rotatable bonds is 8. The molecule has 2 atom stereocenters. The first kappa shape index (κ1) is 15.9. The standard InChI is InChI=1S/C14H22N2O2S/c1-19(18)9-5-8-16-14(17)13(11-15)10-12-6-3-2-4-7-12/h2-4,6-7,13H,5,8-11,15H2,1H3,(H,16,17). The third kappa shape index (κ3) is 6.50. The monoisotopic (exact) mass is 282 g/mol. The van der Waals surface area contributed by atoms with E-state index in [0.29, 0.717) is 25.3 Å². The van der Waals surface area contributed by atoms with Gasteiger partial charge in [-0.1, -0.05) is 30.3 Å². The zero-order chi connectivity index (χ0) is 14.1. The molecule has 0 aromatic heterocycles. The van der Waals surface area contributed by atoms with Crippen LogP contribution in [0.25, 0.3) is 0 Å². The van der Waals surface area contributed by atoms with Gasteiger partial charge in [-0.25, -0.2) is 0 Å². The highest BCUT2D eigenvalue weighted by atomic mass is 32.2. The Bertz CT molecular complexity index is 409. The van der Waals surface area contributed by atoms with Gasteiger partial charge >= 0.3 is 0 Å². The van der Waals surface area contributed by atoms with Gasteiger partial charge < -0.3 is 11.1 Å². The van der Waals surface area contributed by atoms with Crippen molar-refractivity contribution in [3.8, 4) is 0 Å². The molecular formula is C14H22N2O2S. The summed E-state index contributed by atoms with van der Waals surface area (Å²) >= 11 is 0. The lowest BCUT2D eigenvalue weighted by molar-refractivity contribution is -0.124. The predicted octanol–water partition coefficient (Wildman–Crippen LogP) is 0.689. The number of amides is 1. The Balaban J connectivity index is 2.37. The van der Waals surface area contributed by atoms with Gasteiger partial charge in [0.05, 0.1) is 5.92 Å². The average molecular weight is 282 g/mol. The van der Waals surface area contributed by atoms with Crippen LogP contribution in [0.4, 0.5) is 0 Å². The molecule has 0 spiro atoms. The number of hydrogen-bond donors (Lipinski definition) is 2. The second kappa shape index (κ2) is 8.82. The Labute approximate surface area is 117 Å². The summed E-state index contributed by atoms with van der Waals surface area (Å²) in [6.07, 6.45) is 3.06. The zero-order valence-corrected chi connectivity index (χ0v) is 12.1. The Kier molecular flexibility index (Phi) is 7.36. The lowest BCUT2D eigenvalue weighted by Gasteiger charge is -2.14. The van der Waals surface area contributed by atoms with Gasteiger partial charge in [0.15, 0.2) is 0 Å². The van der Waals surface area contributed by atoms with Crippen LogP contribution in [-0.2, 0) is 22.0 Å². The van der Waals surface area contributed by atoms with Gasteiger partial charge in [0.2, 0.25) is 5.91 Å². The highest BCUT2D eigenvalue weighted by molar-refractivity contribution is 7.84. The second-order valence-corrected chi connectivity index (χ2v) is 6.10. The van der Waals surface area contributed by atoms with Crippen molar-refractivity contribution in [1.29, 1.82) is 0 Å². The fourth-order valence-corrected chi connectivity index (χ4v) is 2.36. The molecule has 0 radical (unpaired) electrons. The number of nitrogens with one attached hydrogen (secondary N) is 1. The van der Waals surface area contributed by atoms with E-state index in [1.807, 2.05) is 30.3 Å². The molecule has 19 heavy (non-hydrogen) atoms. The maximum absolute atomic E-state index is 12.0. The van der Waals surface area contributed by atoms with Gasteiger partial charge in [-0.15, -0.1) is 0 Å². The van der Waals surface area contributed by atoms with E-state index in [-0.39, 0.29) is 11.8 Å². The van der Waals surface area contributed by atoms with Crippen LogP contribution in [-0.4, -0.2) is 35.2 Å². The van der Waals surface area contributed by atoms with E-state index in [1.165, 1.54) is 0 Å². The third-order valence-electron chi connectivity index (χ3n) is 2.89. The Morgan fingerprint density at radius 1 is 1.37 bits per heavy atom. The zero-order valence-electron chi connectivity index (χ0n) is 11.3. The van der Waals surface area contributed by atoms with E-state index < -0.39 is 10.8 Å². The Hall–Kier alpha value is -1.20. The lowest BCUT2D eigenvalue weighted by atomic mass is 9.98. The summed E-state index contributed by atoms with van der Waals surface area (Å²) in [4.78, 5) is 12.0. The van der Waals surface area contributed by atoms with E-state index in [4.69, 9.17) is 5.73 Å². The van der Waals surface area contributed by atoms with Crippen LogP contribution in [0.1, 0.15) is 12.0 Å². The van der Waals surface area contributed by atoms with Crippen molar-refractivity contribution in [1.82, 2.24) is 5.32 Å². The quantitative estimate of drug-likeness (QED) is 0.689. The molecule has 0 saturated carbocycles. The smallest absolute Gasteiger partial charge is 0.224 e.